The van der Waals surface area contributed by atoms with Crippen molar-refractivity contribution < 1.29 is 13.6 Å². The standard InChI is InChI=1S/C25H24ClF2N3O/c26-21-7-1-18(2-8-21)17-29-25(32)31-15-13-30(14-16-31)24(19-3-9-22(27)10-4-19)20-5-11-23(28)12-6-20/h1-12,24H,13-17H2,(H,29,32). The highest BCUT2D eigenvalue weighted by atomic mass is 35.5. The Morgan fingerprint density at radius 1 is 0.812 bits per heavy atom. The molecule has 4 rings (SSSR count). The number of urea groups is 1. The smallest absolute Gasteiger partial charge is 0.317 e. The SMILES string of the molecule is O=C(NCc1ccc(Cl)cc1)N1CCN(C(c2ccc(F)cc2)c2ccc(F)cc2)CC1. The predicted molar refractivity (Wildman–Crippen MR) is 121 cm³/mol. The van der Waals surface area contributed by atoms with E-state index in [1.807, 2.05) is 12.1 Å². The van der Waals surface area contributed by atoms with Gasteiger partial charge < -0.3 is 10.2 Å². The second kappa shape index (κ2) is 10.1. The molecule has 0 atom stereocenters. The summed E-state index contributed by atoms with van der Waals surface area (Å²) in [5.74, 6) is -0.595. The zero-order chi connectivity index (χ0) is 22.5. The number of rotatable bonds is 5. The minimum absolute atomic E-state index is 0.111. The van der Waals surface area contributed by atoms with Gasteiger partial charge in [-0.05, 0) is 53.1 Å². The minimum Gasteiger partial charge on any atom is -0.334 e. The first kappa shape index (κ1) is 22.2. The van der Waals surface area contributed by atoms with E-state index in [2.05, 4.69) is 10.2 Å². The van der Waals surface area contributed by atoms with Crippen LogP contribution in [0, 0.1) is 11.6 Å². The second-order valence-corrected chi connectivity index (χ2v) is 8.25. The molecule has 2 amide bonds. The molecule has 1 saturated heterocycles. The van der Waals surface area contributed by atoms with E-state index in [1.54, 1.807) is 41.3 Å². The Morgan fingerprint density at radius 3 is 1.81 bits per heavy atom. The summed E-state index contributed by atoms with van der Waals surface area (Å²) >= 11 is 5.90. The number of hydrogen-bond donors (Lipinski definition) is 1. The van der Waals surface area contributed by atoms with E-state index in [1.165, 1.54) is 24.3 Å². The van der Waals surface area contributed by atoms with E-state index in [0.717, 1.165) is 16.7 Å². The molecule has 32 heavy (non-hydrogen) atoms. The van der Waals surface area contributed by atoms with Gasteiger partial charge in [0.25, 0.3) is 0 Å². The summed E-state index contributed by atoms with van der Waals surface area (Å²) in [5.41, 5.74) is 2.84. The van der Waals surface area contributed by atoms with Gasteiger partial charge in [-0.1, -0.05) is 48.0 Å². The second-order valence-electron chi connectivity index (χ2n) is 7.81. The molecule has 166 valence electrons. The van der Waals surface area contributed by atoms with Gasteiger partial charge in [0.05, 0.1) is 6.04 Å². The molecule has 1 aliphatic rings. The number of halogens is 3. The minimum atomic E-state index is -0.297. The maximum absolute atomic E-state index is 13.5. The number of nitrogens with zero attached hydrogens (tertiary/aromatic N) is 2. The number of carbonyl (C=O) groups is 1. The number of hydrogen-bond acceptors (Lipinski definition) is 2. The van der Waals surface area contributed by atoms with Crippen LogP contribution in [0.3, 0.4) is 0 Å². The summed E-state index contributed by atoms with van der Waals surface area (Å²) in [6.07, 6.45) is 0. The quantitative estimate of drug-likeness (QED) is 0.571. The van der Waals surface area contributed by atoms with Crippen molar-refractivity contribution in [3.8, 4) is 0 Å². The van der Waals surface area contributed by atoms with Crippen LogP contribution in [0.4, 0.5) is 13.6 Å². The van der Waals surface area contributed by atoms with Gasteiger partial charge >= 0.3 is 6.03 Å². The van der Waals surface area contributed by atoms with E-state index in [-0.39, 0.29) is 23.7 Å². The zero-order valence-corrected chi connectivity index (χ0v) is 18.2. The van der Waals surface area contributed by atoms with Crippen LogP contribution in [-0.2, 0) is 6.54 Å². The molecule has 3 aromatic carbocycles. The topological polar surface area (TPSA) is 35.6 Å². The van der Waals surface area contributed by atoms with Gasteiger partial charge in [-0.3, -0.25) is 4.90 Å². The molecule has 1 heterocycles. The molecule has 0 spiro atoms. The normalized spacial score (nSPS) is 14.6. The molecule has 0 saturated carbocycles. The molecule has 4 nitrogen and oxygen atoms in total. The Labute approximate surface area is 191 Å². The first-order valence-corrected chi connectivity index (χ1v) is 10.9. The Bertz CT molecular complexity index is 989. The van der Waals surface area contributed by atoms with Gasteiger partial charge in [0.1, 0.15) is 11.6 Å². The predicted octanol–water partition coefficient (Wildman–Crippen LogP) is 5.24. The highest BCUT2D eigenvalue weighted by Gasteiger charge is 2.28. The molecule has 1 N–H and O–H groups in total. The van der Waals surface area contributed by atoms with Crippen LogP contribution >= 0.6 is 11.6 Å². The maximum Gasteiger partial charge on any atom is 0.317 e. The number of nitrogens with one attached hydrogen (secondary N) is 1. The average Bonchev–Trinajstić information content (AvgIpc) is 2.81. The first-order chi connectivity index (χ1) is 15.5. The lowest BCUT2D eigenvalue weighted by atomic mass is 9.96. The van der Waals surface area contributed by atoms with Crippen molar-refractivity contribution >= 4 is 17.6 Å². The van der Waals surface area contributed by atoms with E-state index >= 15 is 0 Å². The van der Waals surface area contributed by atoms with Crippen molar-refractivity contribution in [1.29, 1.82) is 0 Å². The summed E-state index contributed by atoms with van der Waals surface area (Å²) in [6.45, 7) is 2.85. The molecule has 0 aliphatic carbocycles. The van der Waals surface area contributed by atoms with Gasteiger partial charge in [-0.15, -0.1) is 0 Å². The van der Waals surface area contributed by atoms with Gasteiger partial charge in [0.15, 0.2) is 0 Å². The van der Waals surface area contributed by atoms with Crippen molar-refractivity contribution in [2.45, 2.75) is 12.6 Å². The van der Waals surface area contributed by atoms with Crippen LogP contribution in [0.5, 0.6) is 0 Å². The molecule has 7 heteroatoms. The van der Waals surface area contributed by atoms with E-state index in [0.29, 0.717) is 37.7 Å². The van der Waals surface area contributed by atoms with Crippen LogP contribution in [-0.4, -0.2) is 42.0 Å². The zero-order valence-electron chi connectivity index (χ0n) is 17.5. The van der Waals surface area contributed by atoms with Crippen molar-refractivity contribution in [3.05, 3.63) is 106 Å². The molecule has 0 unspecified atom stereocenters. The van der Waals surface area contributed by atoms with Gasteiger partial charge in [-0.25, -0.2) is 13.6 Å². The lowest BCUT2D eigenvalue weighted by Gasteiger charge is -2.39. The summed E-state index contributed by atoms with van der Waals surface area (Å²) in [4.78, 5) is 16.6. The fourth-order valence-electron chi connectivity index (χ4n) is 3.98. The van der Waals surface area contributed by atoms with Crippen LogP contribution < -0.4 is 5.32 Å². The van der Waals surface area contributed by atoms with Gasteiger partial charge in [0.2, 0.25) is 0 Å². The van der Waals surface area contributed by atoms with Crippen LogP contribution in [0.2, 0.25) is 5.02 Å². The average molecular weight is 456 g/mol. The molecular weight excluding hydrogens is 432 g/mol. The van der Waals surface area contributed by atoms with E-state index < -0.39 is 0 Å². The Balaban J connectivity index is 1.41. The van der Waals surface area contributed by atoms with Gasteiger partial charge in [0, 0.05) is 37.7 Å². The summed E-state index contributed by atoms with van der Waals surface area (Å²) in [7, 11) is 0. The van der Waals surface area contributed by atoms with Crippen molar-refractivity contribution in [1.82, 2.24) is 15.1 Å². The lowest BCUT2D eigenvalue weighted by molar-refractivity contribution is 0.120. The molecular formula is C25H24ClF2N3O. The number of benzene rings is 3. The molecule has 0 bridgehead atoms. The van der Waals surface area contributed by atoms with Crippen molar-refractivity contribution in [2.24, 2.45) is 0 Å². The Kier molecular flexibility index (Phi) is 7.02. The largest absolute Gasteiger partial charge is 0.334 e. The summed E-state index contributed by atoms with van der Waals surface area (Å²) in [5, 5.41) is 3.61. The number of carbonyl (C=O) groups excluding carboxylic acids is 1. The van der Waals surface area contributed by atoms with E-state index in [9.17, 15) is 13.6 Å². The van der Waals surface area contributed by atoms with Crippen LogP contribution in [0.15, 0.2) is 72.8 Å². The summed E-state index contributed by atoms with van der Waals surface area (Å²) in [6, 6.07) is 19.9. The first-order valence-electron chi connectivity index (χ1n) is 10.5. The maximum atomic E-state index is 13.5. The monoisotopic (exact) mass is 455 g/mol. The third-order valence-electron chi connectivity index (χ3n) is 5.70. The Hall–Kier alpha value is -2.96. The third kappa shape index (κ3) is 5.44. The number of amides is 2. The van der Waals surface area contributed by atoms with Crippen LogP contribution in [0.1, 0.15) is 22.7 Å². The van der Waals surface area contributed by atoms with Crippen molar-refractivity contribution in [3.63, 3.8) is 0 Å². The van der Waals surface area contributed by atoms with Gasteiger partial charge in [-0.2, -0.15) is 0 Å². The van der Waals surface area contributed by atoms with E-state index in [4.69, 9.17) is 11.6 Å². The van der Waals surface area contributed by atoms with Crippen molar-refractivity contribution in [2.75, 3.05) is 26.2 Å². The highest BCUT2D eigenvalue weighted by molar-refractivity contribution is 6.30. The fraction of sp³-hybridized carbons (Fsp3) is 0.240. The molecule has 1 aliphatic heterocycles. The Morgan fingerprint density at radius 2 is 1.31 bits per heavy atom. The van der Waals surface area contributed by atoms with Crippen LogP contribution in [0.25, 0.3) is 0 Å². The molecule has 3 aromatic rings. The molecule has 1 fully saturated rings. The fourth-order valence-corrected chi connectivity index (χ4v) is 4.11. The lowest BCUT2D eigenvalue weighted by Crippen LogP contribution is -2.52. The number of piperazine rings is 1. The molecule has 0 radical (unpaired) electrons. The highest BCUT2D eigenvalue weighted by Crippen LogP contribution is 2.30. The summed E-state index contributed by atoms with van der Waals surface area (Å²) < 4.78 is 27.0. The third-order valence-corrected chi connectivity index (χ3v) is 5.95. The molecule has 0 aromatic heterocycles.